The number of carboxylic acid groups (broad SMARTS) is 1. The summed E-state index contributed by atoms with van der Waals surface area (Å²) < 4.78 is 27.1. The molecule has 5 nitrogen and oxygen atoms in total. The zero-order chi connectivity index (χ0) is 15.5. The first-order valence-corrected chi connectivity index (χ1v) is 9.49. The molecular weight excluding hydrogens is 310 g/mol. The molecule has 1 saturated heterocycles. The van der Waals surface area contributed by atoms with Gasteiger partial charge in [-0.05, 0) is 37.3 Å². The van der Waals surface area contributed by atoms with Crippen LogP contribution in [0.2, 0.25) is 0 Å². The molecule has 1 aromatic heterocycles. The van der Waals surface area contributed by atoms with Crippen molar-refractivity contribution in [2.24, 2.45) is 5.92 Å². The van der Waals surface area contributed by atoms with Gasteiger partial charge in [0.25, 0.3) is 10.0 Å². The summed E-state index contributed by atoms with van der Waals surface area (Å²) in [5.41, 5.74) is 0. The Kier molecular flexibility index (Phi) is 5.40. The van der Waals surface area contributed by atoms with Crippen molar-refractivity contribution in [1.29, 1.82) is 0 Å². The minimum atomic E-state index is -3.47. The largest absolute Gasteiger partial charge is 0.481 e. The first-order chi connectivity index (χ1) is 9.93. The Bertz CT molecular complexity index is 594. The molecule has 2 rings (SSSR count). The molecule has 118 valence electrons. The van der Waals surface area contributed by atoms with Gasteiger partial charge in [0.15, 0.2) is 0 Å². The predicted octanol–water partition coefficient (Wildman–Crippen LogP) is 2.58. The molecule has 1 unspecified atom stereocenters. The number of aliphatic carboxylic acids is 1. The van der Waals surface area contributed by atoms with Crippen LogP contribution < -0.4 is 0 Å². The van der Waals surface area contributed by atoms with Gasteiger partial charge in [0, 0.05) is 18.0 Å². The Morgan fingerprint density at radius 2 is 2.14 bits per heavy atom. The van der Waals surface area contributed by atoms with Crippen LogP contribution in [-0.4, -0.2) is 36.9 Å². The third-order valence-corrected chi connectivity index (χ3v) is 7.39. The average molecular weight is 331 g/mol. The monoisotopic (exact) mass is 331 g/mol. The molecule has 1 N–H and O–H groups in total. The molecule has 21 heavy (non-hydrogen) atoms. The third-order valence-electron chi connectivity index (χ3n) is 3.94. The summed E-state index contributed by atoms with van der Waals surface area (Å²) >= 11 is 1.06. The highest BCUT2D eigenvalue weighted by Crippen LogP contribution is 2.28. The van der Waals surface area contributed by atoms with Crippen LogP contribution in [0.4, 0.5) is 0 Å². The van der Waals surface area contributed by atoms with Crippen molar-refractivity contribution in [2.45, 2.75) is 43.2 Å². The van der Waals surface area contributed by atoms with Crippen LogP contribution in [-0.2, 0) is 21.2 Å². The van der Waals surface area contributed by atoms with Gasteiger partial charge in [0.1, 0.15) is 4.21 Å². The van der Waals surface area contributed by atoms with Gasteiger partial charge in [-0.3, -0.25) is 4.79 Å². The number of hydrogen-bond acceptors (Lipinski definition) is 4. The molecule has 0 radical (unpaired) electrons. The molecular formula is C14H21NO4S2. The Morgan fingerprint density at radius 3 is 2.81 bits per heavy atom. The Hall–Kier alpha value is -0.920. The van der Waals surface area contributed by atoms with Gasteiger partial charge in [-0.25, -0.2) is 8.42 Å². The van der Waals surface area contributed by atoms with E-state index in [1.54, 1.807) is 10.4 Å². The van der Waals surface area contributed by atoms with Gasteiger partial charge in [-0.15, -0.1) is 11.3 Å². The molecule has 0 saturated carbocycles. The second-order valence-corrected chi connectivity index (χ2v) is 8.73. The van der Waals surface area contributed by atoms with Crippen LogP contribution in [0.5, 0.6) is 0 Å². The fraction of sp³-hybridized carbons (Fsp3) is 0.643. The lowest BCUT2D eigenvalue weighted by atomic mass is 9.98. The van der Waals surface area contributed by atoms with Crippen LogP contribution in [0.1, 0.15) is 37.5 Å². The van der Waals surface area contributed by atoms with E-state index in [-0.39, 0.29) is 10.6 Å². The number of nitrogens with zero attached hydrogens (tertiary/aromatic N) is 1. The minimum Gasteiger partial charge on any atom is -0.481 e. The minimum absolute atomic E-state index is 0.127. The fourth-order valence-corrected chi connectivity index (χ4v) is 5.65. The van der Waals surface area contributed by atoms with E-state index in [0.29, 0.717) is 23.9 Å². The molecule has 0 aliphatic carbocycles. The number of carbonyl (C=O) groups is 1. The van der Waals surface area contributed by atoms with Gasteiger partial charge < -0.3 is 5.11 Å². The van der Waals surface area contributed by atoms with Gasteiger partial charge in [0.05, 0.1) is 6.42 Å². The highest BCUT2D eigenvalue weighted by atomic mass is 32.2. The zero-order valence-corrected chi connectivity index (χ0v) is 13.8. The molecule has 1 fully saturated rings. The molecule has 0 amide bonds. The Labute approximate surface area is 129 Å². The quantitative estimate of drug-likeness (QED) is 0.900. The fourth-order valence-electron chi connectivity index (χ4n) is 2.66. The van der Waals surface area contributed by atoms with E-state index < -0.39 is 16.0 Å². The summed E-state index contributed by atoms with van der Waals surface area (Å²) in [6.07, 6.45) is 3.85. The van der Waals surface area contributed by atoms with Crippen molar-refractivity contribution in [3.05, 3.63) is 17.0 Å². The van der Waals surface area contributed by atoms with Crippen molar-refractivity contribution in [1.82, 2.24) is 4.31 Å². The van der Waals surface area contributed by atoms with E-state index in [1.807, 2.05) is 0 Å². The normalized spacial score (nSPS) is 21.1. The molecule has 0 spiro atoms. The van der Waals surface area contributed by atoms with Gasteiger partial charge >= 0.3 is 5.97 Å². The summed E-state index contributed by atoms with van der Waals surface area (Å²) in [5, 5.41) is 8.77. The number of sulfonamides is 1. The molecule has 2 heterocycles. The van der Waals surface area contributed by atoms with Crippen molar-refractivity contribution in [3.8, 4) is 0 Å². The molecule has 1 atom stereocenters. The number of rotatable bonds is 5. The number of thiophene rings is 1. The Morgan fingerprint density at radius 1 is 1.38 bits per heavy atom. The van der Waals surface area contributed by atoms with Crippen molar-refractivity contribution >= 4 is 27.3 Å². The summed E-state index contributed by atoms with van der Waals surface area (Å²) in [7, 11) is -3.47. The molecule has 1 aromatic rings. The maximum absolute atomic E-state index is 12.6. The van der Waals surface area contributed by atoms with E-state index in [1.165, 1.54) is 6.07 Å². The summed E-state index contributed by atoms with van der Waals surface area (Å²) in [5.74, 6) is -0.336. The van der Waals surface area contributed by atoms with Crippen LogP contribution >= 0.6 is 11.3 Å². The van der Waals surface area contributed by atoms with E-state index in [0.717, 1.165) is 37.0 Å². The van der Waals surface area contributed by atoms with E-state index >= 15 is 0 Å². The maximum Gasteiger partial charge on any atom is 0.308 e. The third kappa shape index (κ3) is 4.05. The first kappa shape index (κ1) is 16.5. The van der Waals surface area contributed by atoms with Crippen LogP contribution in [0.3, 0.4) is 0 Å². The van der Waals surface area contributed by atoms with Crippen molar-refractivity contribution in [2.75, 3.05) is 13.1 Å². The van der Waals surface area contributed by atoms with E-state index in [4.69, 9.17) is 5.11 Å². The Balaban J connectivity index is 2.13. The van der Waals surface area contributed by atoms with Crippen LogP contribution in [0.15, 0.2) is 16.3 Å². The lowest BCUT2D eigenvalue weighted by molar-refractivity contribution is -0.136. The first-order valence-electron chi connectivity index (χ1n) is 7.24. The molecule has 0 aromatic carbocycles. The van der Waals surface area contributed by atoms with Crippen LogP contribution in [0.25, 0.3) is 0 Å². The lowest BCUT2D eigenvalue weighted by Gasteiger charge is -2.19. The van der Waals surface area contributed by atoms with Gasteiger partial charge in [-0.1, -0.05) is 13.3 Å². The van der Waals surface area contributed by atoms with Crippen molar-refractivity contribution in [3.63, 3.8) is 0 Å². The van der Waals surface area contributed by atoms with E-state index in [9.17, 15) is 13.2 Å². The summed E-state index contributed by atoms with van der Waals surface area (Å²) in [4.78, 5) is 11.3. The molecule has 7 heteroatoms. The van der Waals surface area contributed by atoms with Gasteiger partial charge in [0.2, 0.25) is 0 Å². The smallest absolute Gasteiger partial charge is 0.308 e. The average Bonchev–Trinajstić information content (AvgIpc) is 2.75. The maximum atomic E-state index is 12.6. The summed E-state index contributed by atoms with van der Waals surface area (Å²) in [6.45, 7) is 3.27. The highest BCUT2D eigenvalue weighted by molar-refractivity contribution is 7.91. The second kappa shape index (κ2) is 6.89. The lowest BCUT2D eigenvalue weighted by Crippen LogP contribution is -2.31. The topological polar surface area (TPSA) is 74.7 Å². The molecule has 0 bridgehead atoms. The highest BCUT2D eigenvalue weighted by Gasteiger charge is 2.28. The number of carboxylic acids is 1. The van der Waals surface area contributed by atoms with Crippen LogP contribution in [0, 0.1) is 5.92 Å². The number of hydrogen-bond donors (Lipinski definition) is 1. The summed E-state index contributed by atoms with van der Waals surface area (Å²) in [6, 6.07) is 3.12. The van der Waals surface area contributed by atoms with Gasteiger partial charge in [-0.2, -0.15) is 4.31 Å². The van der Waals surface area contributed by atoms with E-state index in [2.05, 4.69) is 6.92 Å². The second-order valence-electron chi connectivity index (χ2n) is 5.40. The molecule has 1 aliphatic heterocycles. The predicted molar refractivity (Wildman–Crippen MR) is 82.0 cm³/mol. The SMILES string of the molecule is CCC1CCCN(S(=O)(=O)c2ccc(CC(=O)O)s2)CC1. The zero-order valence-electron chi connectivity index (χ0n) is 12.1. The van der Waals surface area contributed by atoms with Crippen molar-refractivity contribution < 1.29 is 18.3 Å². The standard InChI is InChI=1S/C14H21NO4S2/c1-2-11-4-3-8-15(9-7-11)21(18,19)14-6-5-12(20-14)10-13(16)17/h5-6,11H,2-4,7-10H2,1H3,(H,16,17). The molecule has 1 aliphatic rings.